The second kappa shape index (κ2) is 6.39. The van der Waals surface area contributed by atoms with Gasteiger partial charge in [-0.25, -0.2) is 0 Å². The minimum absolute atomic E-state index is 0.188. The van der Waals surface area contributed by atoms with Crippen molar-refractivity contribution in [2.45, 2.75) is 24.9 Å². The second-order valence-electron chi connectivity index (χ2n) is 7.53. The highest BCUT2D eigenvalue weighted by atomic mass is 16.2. The van der Waals surface area contributed by atoms with Crippen LogP contribution in [0.25, 0.3) is 22.0 Å². The summed E-state index contributed by atoms with van der Waals surface area (Å²) in [6, 6.07) is 9.06. The monoisotopic (exact) mass is 359 g/mol. The number of amides is 1. The highest BCUT2D eigenvalue weighted by Gasteiger charge is 2.43. The van der Waals surface area contributed by atoms with Crippen molar-refractivity contribution in [1.82, 2.24) is 24.8 Å². The van der Waals surface area contributed by atoms with Crippen LogP contribution in [0.2, 0.25) is 0 Å². The number of fused-ring (bicyclic) bond motifs is 3. The average Bonchev–Trinajstić information content (AvgIpc) is 3.27. The van der Waals surface area contributed by atoms with Gasteiger partial charge in [-0.05, 0) is 31.0 Å². The Bertz CT molecular complexity index is 1000. The van der Waals surface area contributed by atoms with Crippen LogP contribution >= 0.6 is 0 Å². The molecule has 0 aliphatic carbocycles. The fourth-order valence-corrected chi connectivity index (χ4v) is 4.32. The fourth-order valence-electron chi connectivity index (χ4n) is 4.32. The number of carbonyl (C=O) groups is 1. The average molecular weight is 359 g/mol. The third kappa shape index (κ3) is 2.96. The molecular weight excluding hydrogens is 338 g/mol. The first-order valence-electron chi connectivity index (χ1n) is 9.32. The summed E-state index contributed by atoms with van der Waals surface area (Å²) in [7, 11) is 2.14. The predicted octanol–water partition coefficient (Wildman–Crippen LogP) is 2.15. The summed E-state index contributed by atoms with van der Waals surface area (Å²) < 4.78 is 0. The number of carbonyl (C=O) groups excluding carboxylic acids is 1. The van der Waals surface area contributed by atoms with Gasteiger partial charge in [0.1, 0.15) is 0 Å². The van der Waals surface area contributed by atoms with E-state index in [4.69, 9.17) is 0 Å². The fraction of sp³-hybridized carbons (Fsp3) is 0.333. The summed E-state index contributed by atoms with van der Waals surface area (Å²) in [5.41, 5.74) is 2.67. The molecule has 2 aliphatic rings. The number of piperazine rings is 1. The van der Waals surface area contributed by atoms with Gasteiger partial charge in [-0.3, -0.25) is 24.6 Å². The van der Waals surface area contributed by atoms with Crippen molar-refractivity contribution < 1.29 is 4.79 Å². The molecule has 3 aromatic rings. The van der Waals surface area contributed by atoms with Crippen molar-refractivity contribution >= 4 is 16.7 Å². The number of aromatic nitrogens is 3. The van der Waals surface area contributed by atoms with Crippen molar-refractivity contribution in [3.05, 3.63) is 54.7 Å². The number of rotatable bonds is 3. The number of nitrogens with zero attached hydrogens (tertiary/aromatic N) is 5. The van der Waals surface area contributed by atoms with Gasteiger partial charge in [-0.2, -0.15) is 0 Å². The molecule has 2 aromatic heterocycles. The zero-order chi connectivity index (χ0) is 18.4. The second-order valence-corrected chi connectivity index (χ2v) is 7.53. The Morgan fingerprint density at radius 3 is 2.74 bits per heavy atom. The lowest BCUT2D eigenvalue weighted by Gasteiger charge is -2.32. The smallest absolute Gasteiger partial charge is 0.228 e. The lowest BCUT2D eigenvalue weighted by Crippen LogP contribution is -2.47. The molecule has 0 saturated carbocycles. The summed E-state index contributed by atoms with van der Waals surface area (Å²) in [4.78, 5) is 30.2. The first-order valence-corrected chi connectivity index (χ1v) is 9.32. The Labute approximate surface area is 157 Å². The van der Waals surface area contributed by atoms with Gasteiger partial charge in [0.25, 0.3) is 0 Å². The molecular formula is C21H21N5O. The summed E-state index contributed by atoms with van der Waals surface area (Å²) >= 11 is 0. The van der Waals surface area contributed by atoms with Crippen molar-refractivity contribution in [1.29, 1.82) is 0 Å². The molecule has 0 spiro atoms. The summed E-state index contributed by atoms with van der Waals surface area (Å²) in [5.74, 6) is 0.188. The quantitative estimate of drug-likeness (QED) is 0.717. The van der Waals surface area contributed by atoms with Crippen LogP contribution in [0.15, 0.2) is 49.1 Å². The molecule has 136 valence electrons. The van der Waals surface area contributed by atoms with Crippen molar-refractivity contribution in [3.63, 3.8) is 0 Å². The highest BCUT2D eigenvalue weighted by molar-refractivity contribution is 5.87. The molecule has 5 rings (SSSR count). The molecule has 0 unspecified atom stereocenters. The Balaban J connectivity index is 1.38. The van der Waals surface area contributed by atoms with Gasteiger partial charge < -0.3 is 4.90 Å². The molecule has 27 heavy (non-hydrogen) atoms. The molecule has 2 aliphatic heterocycles. The number of benzene rings is 1. The van der Waals surface area contributed by atoms with Crippen LogP contribution in [0, 0.1) is 0 Å². The zero-order valence-corrected chi connectivity index (χ0v) is 15.2. The molecule has 6 heteroatoms. The molecule has 2 atom stereocenters. The number of likely N-dealkylation sites (N-methyl/N-ethyl adjacent to an activating group) is 1. The highest BCUT2D eigenvalue weighted by Crippen LogP contribution is 2.30. The maximum Gasteiger partial charge on any atom is 0.228 e. The molecule has 1 amide bonds. The minimum atomic E-state index is 0.188. The summed E-state index contributed by atoms with van der Waals surface area (Å²) in [6.45, 7) is 1.84. The Kier molecular flexibility index (Phi) is 3.86. The van der Waals surface area contributed by atoms with Crippen LogP contribution in [-0.2, 0) is 11.2 Å². The number of hydrogen-bond donors (Lipinski definition) is 0. The maximum atomic E-state index is 12.8. The van der Waals surface area contributed by atoms with Crippen molar-refractivity contribution in [2.75, 3.05) is 20.1 Å². The van der Waals surface area contributed by atoms with E-state index < -0.39 is 0 Å². The Morgan fingerprint density at radius 2 is 2.00 bits per heavy atom. The number of likely N-dealkylation sites (tertiary alicyclic amines) is 2. The van der Waals surface area contributed by atoms with Crippen molar-refractivity contribution in [2.24, 2.45) is 0 Å². The first-order chi connectivity index (χ1) is 13.2. The van der Waals surface area contributed by atoms with E-state index in [0.29, 0.717) is 18.5 Å². The molecule has 0 radical (unpaired) electrons. The van der Waals surface area contributed by atoms with Crippen LogP contribution in [0.3, 0.4) is 0 Å². The third-order valence-electron chi connectivity index (χ3n) is 5.80. The van der Waals surface area contributed by atoms with Crippen LogP contribution in [-0.4, -0.2) is 62.9 Å². The van der Waals surface area contributed by atoms with Crippen LogP contribution < -0.4 is 0 Å². The maximum absolute atomic E-state index is 12.8. The third-order valence-corrected chi connectivity index (χ3v) is 5.80. The lowest BCUT2D eigenvalue weighted by atomic mass is 10.1. The van der Waals surface area contributed by atoms with E-state index >= 15 is 0 Å². The lowest BCUT2D eigenvalue weighted by molar-refractivity contribution is -0.132. The molecule has 4 heterocycles. The van der Waals surface area contributed by atoms with E-state index in [9.17, 15) is 4.79 Å². The Hall–Kier alpha value is -2.86. The normalized spacial score (nSPS) is 21.9. The van der Waals surface area contributed by atoms with E-state index in [1.807, 2.05) is 29.3 Å². The van der Waals surface area contributed by atoms with Gasteiger partial charge in [0, 0.05) is 54.7 Å². The van der Waals surface area contributed by atoms with Gasteiger partial charge in [0.05, 0.1) is 24.0 Å². The van der Waals surface area contributed by atoms with Gasteiger partial charge in [-0.1, -0.05) is 12.1 Å². The topological polar surface area (TPSA) is 62.2 Å². The van der Waals surface area contributed by atoms with Crippen LogP contribution in [0.5, 0.6) is 0 Å². The van der Waals surface area contributed by atoms with E-state index in [1.165, 1.54) is 0 Å². The molecule has 2 fully saturated rings. The number of pyridine rings is 1. The van der Waals surface area contributed by atoms with E-state index in [-0.39, 0.29) is 5.91 Å². The zero-order valence-electron chi connectivity index (χ0n) is 15.2. The summed E-state index contributed by atoms with van der Waals surface area (Å²) in [6.07, 6.45) is 8.43. The van der Waals surface area contributed by atoms with Gasteiger partial charge in [-0.15, -0.1) is 0 Å². The van der Waals surface area contributed by atoms with Crippen molar-refractivity contribution in [3.8, 4) is 11.3 Å². The molecule has 0 N–H and O–H groups in total. The molecule has 2 bridgehead atoms. The van der Waals surface area contributed by atoms with Crippen LogP contribution in [0.4, 0.5) is 0 Å². The Morgan fingerprint density at radius 1 is 1.07 bits per heavy atom. The standard InChI is InChI=1S/C21H21N5O/c1-25-12-19-9-18(25)13-26(19)21(27)8-17-7-16-6-14(2-3-15(16)10-24-17)20-11-22-4-5-23-20/h2-7,10-11,18-19H,8-9,12-13H2,1H3/t18-,19-/m1/s1. The first kappa shape index (κ1) is 16.3. The molecule has 6 nitrogen and oxygen atoms in total. The largest absolute Gasteiger partial charge is 0.336 e. The molecule has 1 aromatic carbocycles. The van der Waals surface area contributed by atoms with E-state index in [0.717, 1.165) is 47.2 Å². The van der Waals surface area contributed by atoms with Gasteiger partial charge in [0.2, 0.25) is 5.91 Å². The predicted molar refractivity (Wildman–Crippen MR) is 103 cm³/mol. The molecule has 2 saturated heterocycles. The van der Waals surface area contributed by atoms with E-state index in [1.54, 1.807) is 18.6 Å². The van der Waals surface area contributed by atoms with Gasteiger partial charge in [0.15, 0.2) is 0 Å². The number of hydrogen-bond acceptors (Lipinski definition) is 5. The minimum Gasteiger partial charge on any atom is -0.336 e. The van der Waals surface area contributed by atoms with Crippen LogP contribution in [0.1, 0.15) is 12.1 Å². The SMILES string of the molecule is CN1C[C@H]2C[C@@H]1CN2C(=O)Cc1cc2cc(-c3cnccn3)ccc2cn1. The van der Waals surface area contributed by atoms with Gasteiger partial charge >= 0.3 is 0 Å². The van der Waals surface area contributed by atoms with E-state index in [2.05, 4.69) is 33.0 Å². The summed E-state index contributed by atoms with van der Waals surface area (Å²) in [5, 5.41) is 2.12.